The highest BCUT2D eigenvalue weighted by atomic mass is 16.5. The van der Waals surface area contributed by atoms with Crippen LogP contribution >= 0.6 is 0 Å². The quantitative estimate of drug-likeness (QED) is 0.167. The van der Waals surface area contributed by atoms with E-state index in [1.807, 2.05) is 48.5 Å². The van der Waals surface area contributed by atoms with Gasteiger partial charge in [-0.05, 0) is 119 Å². The molecule has 0 atom stereocenters. The van der Waals surface area contributed by atoms with Crippen LogP contribution in [0.15, 0.2) is 194 Å². The molecule has 5 nitrogen and oxygen atoms in total. The Morgan fingerprint density at radius 1 is 0.241 bits per heavy atom. The Hall–Kier alpha value is -7.08. The van der Waals surface area contributed by atoms with Crippen LogP contribution < -0.4 is 18.9 Å². The molecule has 1 heterocycles. The van der Waals surface area contributed by atoms with E-state index >= 15 is 0 Å². The highest BCUT2D eigenvalue weighted by Crippen LogP contribution is 2.39. The number of hydrogen-bond donors (Lipinski definition) is 1. The van der Waals surface area contributed by atoms with Gasteiger partial charge in [0.15, 0.2) is 0 Å². The Labute approximate surface area is 340 Å². The maximum Gasteiger partial charge on any atom is 0.131 e. The lowest BCUT2D eigenvalue weighted by Gasteiger charge is -2.18. The predicted octanol–water partition coefficient (Wildman–Crippen LogP) is 13.1. The van der Waals surface area contributed by atoms with Crippen molar-refractivity contribution in [1.29, 1.82) is 0 Å². The van der Waals surface area contributed by atoms with Crippen LogP contribution in [0.4, 0.5) is 0 Å². The molecule has 8 bridgehead atoms. The van der Waals surface area contributed by atoms with Gasteiger partial charge >= 0.3 is 0 Å². The van der Waals surface area contributed by atoms with Gasteiger partial charge in [-0.15, -0.1) is 0 Å². The van der Waals surface area contributed by atoms with E-state index in [1.165, 1.54) is 22.3 Å². The van der Waals surface area contributed by atoms with Crippen molar-refractivity contribution in [3.63, 3.8) is 0 Å². The molecule has 1 N–H and O–H groups in total. The van der Waals surface area contributed by atoms with Crippen molar-refractivity contribution >= 4 is 0 Å². The lowest BCUT2D eigenvalue weighted by atomic mass is 10.0. The van der Waals surface area contributed by atoms with Crippen molar-refractivity contribution in [2.75, 3.05) is 7.11 Å². The van der Waals surface area contributed by atoms with Gasteiger partial charge in [0.05, 0.1) is 0 Å². The van der Waals surface area contributed by atoms with Crippen molar-refractivity contribution in [3.05, 3.63) is 239 Å². The first-order valence-corrected chi connectivity index (χ1v) is 19.5. The van der Waals surface area contributed by atoms with Crippen LogP contribution in [0.25, 0.3) is 0 Å². The van der Waals surface area contributed by atoms with E-state index in [4.69, 9.17) is 24.1 Å². The van der Waals surface area contributed by atoms with E-state index in [1.54, 1.807) is 0 Å². The molecule has 0 aliphatic carbocycles. The van der Waals surface area contributed by atoms with E-state index in [2.05, 4.69) is 146 Å². The number of ether oxygens (including phenoxy) is 4. The van der Waals surface area contributed by atoms with Crippen molar-refractivity contribution in [2.45, 2.75) is 25.7 Å². The minimum atomic E-state index is 0.674. The summed E-state index contributed by atoms with van der Waals surface area (Å²) in [5.74, 6) is 5.39. The lowest BCUT2D eigenvalue weighted by molar-refractivity contribution is 0.399. The normalized spacial score (nSPS) is 11.4. The summed E-state index contributed by atoms with van der Waals surface area (Å²) in [6.07, 6.45) is 2.89. The zero-order valence-electron chi connectivity index (χ0n) is 32.4. The van der Waals surface area contributed by atoms with Gasteiger partial charge in [0.25, 0.3) is 0 Å². The third-order valence-corrected chi connectivity index (χ3v) is 9.71. The fourth-order valence-electron chi connectivity index (χ4n) is 7.27. The second kappa shape index (κ2) is 18.2. The van der Waals surface area contributed by atoms with Crippen molar-refractivity contribution in [3.8, 4) is 46.0 Å². The Morgan fingerprint density at radius 2 is 0.414 bits per heavy atom. The summed E-state index contributed by atoms with van der Waals surface area (Å²) in [6.45, 7) is 0. The molecule has 8 aromatic rings. The van der Waals surface area contributed by atoms with E-state index in [-0.39, 0.29) is 0 Å². The van der Waals surface area contributed by atoms with Gasteiger partial charge in [-0.3, -0.25) is 0 Å². The minimum absolute atomic E-state index is 0.674. The summed E-state index contributed by atoms with van der Waals surface area (Å²) in [4.78, 5) is 0. The number of aliphatic hydroxyl groups is 1. The highest BCUT2D eigenvalue weighted by molar-refractivity contribution is 5.51. The molecule has 9 rings (SSSR count). The fraction of sp³-hybridized carbons (Fsp3) is 0.0943. The predicted molar refractivity (Wildman–Crippen MR) is 231 cm³/mol. The third-order valence-electron chi connectivity index (χ3n) is 9.71. The van der Waals surface area contributed by atoms with Gasteiger partial charge in [-0.1, -0.05) is 121 Å². The van der Waals surface area contributed by atoms with Crippen LogP contribution in [0.3, 0.4) is 0 Å². The monoisotopic (exact) mass is 760 g/mol. The molecule has 0 amide bonds. The fourth-order valence-corrected chi connectivity index (χ4v) is 7.27. The zero-order valence-corrected chi connectivity index (χ0v) is 32.4. The van der Waals surface area contributed by atoms with Crippen LogP contribution in [0.5, 0.6) is 46.0 Å². The number of hydrogen-bond acceptors (Lipinski definition) is 5. The second-order valence-electron chi connectivity index (χ2n) is 14.3. The Morgan fingerprint density at radius 3 is 0.586 bits per heavy atom. The van der Waals surface area contributed by atoms with E-state index in [0.717, 1.165) is 55.0 Å². The maximum atomic E-state index is 7.00. The number of aliphatic hydroxyl groups excluding tert-OH is 1. The summed E-state index contributed by atoms with van der Waals surface area (Å²) in [5.41, 5.74) is 9.08. The zero-order chi connectivity index (χ0) is 39.5. The molecule has 0 spiro atoms. The average molecular weight is 761 g/mol. The molecule has 1 aliphatic rings. The van der Waals surface area contributed by atoms with Gasteiger partial charge in [-0.25, -0.2) is 0 Å². The van der Waals surface area contributed by atoms with Crippen LogP contribution in [0, 0.1) is 0 Å². The topological polar surface area (TPSA) is 57.2 Å². The molecule has 0 saturated carbocycles. The Kier molecular flexibility index (Phi) is 11.9. The molecule has 5 heteroatoms. The average Bonchev–Trinajstić information content (AvgIpc) is 3.22. The summed E-state index contributed by atoms with van der Waals surface area (Å²) < 4.78 is 27.0. The molecule has 0 unspecified atom stereocenters. The first kappa shape index (κ1) is 37.8. The number of benzene rings is 8. The SMILES string of the molecule is CO.c1ccc(Cc2cc3cc(c2)Oc2cc(Cc4ccccc4)cc(c2)Oc2cc(Cc4ccccc4)cc(c2)Oc2cc(Cc4ccccc4)cc(c2)O3)cc1. The summed E-state index contributed by atoms with van der Waals surface area (Å²) in [5, 5.41) is 7.00. The van der Waals surface area contributed by atoms with E-state index < -0.39 is 0 Å². The molecule has 0 radical (unpaired) electrons. The minimum Gasteiger partial charge on any atom is -0.457 e. The second-order valence-corrected chi connectivity index (χ2v) is 14.3. The third kappa shape index (κ3) is 10.2. The van der Waals surface area contributed by atoms with Gasteiger partial charge < -0.3 is 24.1 Å². The van der Waals surface area contributed by atoms with Crippen LogP contribution in [0.1, 0.15) is 44.5 Å². The van der Waals surface area contributed by atoms with E-state index in [9.17, 15) is 0 Å². The molecular formula is C53H44O5. The van der Waals surface area contributed by atoms with Crippen LogP contribution in [0.2, 0.25) is 0 Å². The molecule has 8 aromatic carbocycles. The molecule has 286 valence electrons. The largest absolute Gasteiger partial charge is 0.457 e. The summed E-state index contributed by atoms with van der Waals surface area (Å²) >= 11 is 0. The van der Waals surface area contributed by atoms with Gasteiger partial charge in [0.1, 0.15) is 46.0 Å². The van der Waals surface area contributed by atoms with Crippen molar-refractivity contribution in [1.82, 2.24) is 0 Å². The molecule has 0 fully saturated rings. The van der Waals surface area contributed by atoms with Crippen molar-refractivity contribution in [2.24, 2.45) is 0 Å². The number of fused-ring (bicyclic) bond motifs is 8. The summed E-state index contributed by atoms with van der Waals surface area (Å²) in [7, 11) is 1.00. The number of rotatable bonds is 8. The van der Waals surface area contributed by atoms with Gasteiger partial charge in [-0.2, -0.15) is 0 Å². The maximum absolute atomic E-state index is 7.00. The van der Waals surface area contributed by atoms with Gasteiger partial charge in [0.2, 0.25) is 0 Å². The molecule has 0 aromatic heterocycles. The first-order chi connectivity index (χ1) is 28.6. The van der Waals surface area contributed by atoms with Crippen LogP contribution in [-0.4, -0.2) is 12.2 Å². The molecule has 58 heavy (non-hydrogen) atoms. The molecule has 0 saturated heterocycles. The van der Waals surface area contributed by atoms with Crippen molar-refractivity contribution < 1.29 is 24.1 Å². The highest BCUT2D eigenvalue weighted by Gasteiger charge is 2.15. The van der Waals surface area contributed by atoms with Gasteiger partial charge in [0, 0.05) is 31.4 Å². The lowest BCUT2D eigenvalue weighted by Crippen LogP contribution is -1.98. The smallest absolute Gasteiger partial charge is 0.131 e. The summed E-state index contributed by atoms with van der Waals surface area (Å²) in [6, 6.07) is 66.3. The van der Waals surface area contributed by atoms with E-state index in [0.29, 0.717) is 46.0 Å². The first-order valence-electron chi connectivity index (χ1n) is 19.5. The molecule has 1 aliphatic heterocycles. The standard InChI is InChI=1S/C52H40O4.CH4O/c1-5-13-37(14-6-1)21-41-25-45-33-46(26-41)54-48-28-43(23-39-17-9-3-10-18-39)30-50(35-48)56-52-32-44(24-40-19-11-4-12-20-40)31-51(36-52)55-49-29-42(27-47(34-49)53-45)22-38-15-7-2-8-16-38;1-2/h1-20,25-36H,21-24H2;2H,1H3. The van der Waals surface area contributed by atoms with Crippen LogP contribution in [-0.2, 0) is 25.7 Å². The molecular weight excluding hydrogens is 717 g/mol. The Bertz CT molecular complexity index is 2130. The Balaban J connectivity index is 0.00000231.